The van der Waals surface area contributed by atoms with E-state index in [1.165, 1.54) is 0 Å². The first-order chi connectivity index (χ1) is 6.77. The van der Waals surface area contributed by atoms with E-state index in [9.17, 15) is 5.11 Å². The predicted molar refractivity (Wildman–Crippen MR) is 52.9 cm³/mol. The minimum absolute atomic E-state index is 0.0803. The molecule has 0 radical (unpaired) electrons. The molecule has 0 aliphatic carbocycles. The summed E-state index contributed by atoms with van der Waals surface area (Å²) in [6, 6.07) is 0.0965. The van der Waals surface area contributed by atoms with Gasteiger partial charge in [0.1, 0.15) is 0 Å². The Morgan fingerprint density at radius 2 is 2.50 bits per heavy atom. The molecule has 1 aliphatic rings. The Kier molecular flexibility index (Phi) is 2.48. The lowest BCUT2D eigenvalue weighted by Crippen LogP contribution is -2.41. The molecule has 0 amide bonds. The maximum atomic E-state index is 9.25. The van der Waals surface area contributed by atoms with Crippen LogP contribution in [0.4, 0.5) is 0 Å². The summed E-state index contributed by atoms with van der Waals surface area (Å²) in [7, 11) is 0. The van der Waals surface area contributed by atoms with Crippen molar-refractivity contribution in [1.29, 1.82) is 0 Å². The third kappa shape index (κ3) is 1.40. The molecular formula is C10H15N3O. The molecule has 0 aromatic carbocycles. The first-order valence-electron chi connectivity index (χ1n) is 4.88. The highest BCUT2D eigenvalue weighted by molar-refractivity contribution is 5.18. The van der Waals surface area contributed by atoms with Gasteiger partial charge in [0.25, 0.3) is 0 Å². The highest BCUT2D eigenvalue weighted by Crippen LogP contribution is 2.32. The Morgan fingerprint density at radius 1 is 1.64 bits per heavy atom. The zero-order valence-corrected chi connectivity index (χ0v) is 8.27. The molecule has 2 unspecified atom stereocenters. The first kappa shape index (κ1) is 9.55. The number of nitrogens with one attached hydrogen (secondary N) is 1. The fourth-order valence-electron chi connectivity index (χ4n) is 2.07. The van der Waals surface area contributed by atoms with Crippen LogP contribution in [0.5, 0.6) is 0 Å². The van der Waals surface area contributed by atoms with E-state index in [-0.39, 0.29) is 18.1 Å². The van der Waals surface area contributed by atoms with Gasteiger partial charge in [-0.05, 0) is 13.0 Å². The number of aliphatic hydroxyl groups excluding tert-OH is 1. The topological polar surface area (TPSA) is 58.0 Å². The Hall–Kier alpha value is -1.00. The summed E-state index contributed by atoms with van der Waals surface area (Å²) in [5, 5.41) is 12.5. The third-order valence-corrected chi connectivity index (χ3v) is 3.14. The Balaban J connectivity index is 2.31. The summed E-state index contributed by atoms with van der Waals surface area (Å²) in [6.45, 7) is 3.20. The summed E-state index contributed by atoms with van der Waals surface area (Å²) in [6.07, 6.45) is 6.16. The quantitative estimate of drug-likeness (QED) is 0.699. The van der Waals surface area contributed by atoms with Crippen molar-refractivity contribution in [2.24, 2.45) is 0 Å². The number of hydrogen-bond acceptors (Lipinski definition) is 4. The highest BCUT2D eigenvalue weighted by atomic mass is 16.3. The van der Waals surface area contributed by atoms with Crippen LogP contribution in [0.25, 0.3) is 0 Å². The van der Waals surface area contributed by atoms with Crippen molar-refractivity contribution in [2.45, 2.75) is 24.8 Å². The van der Waals surface area contributed by atoms with Crippen LogP contribution in [-0.2, 0) is 5.41 Å². The first-order valence-corrected chi connectivity index (χ1v) is 4.88. The van der Waals surface area contributed by atoms with E-state index in [0.717, 1.165) is 18.7 Å². The van der Waals surface area contributed by atoms with Gasteiger partial charge in [-0.25, -0.2) is 0 Å². The minimum Gasteiger partial charge on any atom is -0.395 e. The maximum Gasteiger partial charge on any atom is 0.0662 e. The summed E-state index contributed by atoms with van der Waals surface area (Å²) in [5.41, 5.74) is 0.882. The van der Waals surface area contributed by atoms with Gasteiger partial charge >= 0.3 is 0 Å². The minimum atomic E-state index is -0.0803. The van der Waals surface area contributed by atoms with E-state index >= 15 is 0 Å². The van der Waals surface area contributed by atoms with Gasteiger partial charge in [0.05, 0.1) is 12.3 Å². The molecule has 4 heteroatoms. The van der Waals surface area contributed by atoms with Crippen LogP contribution in [0.1, 0.15) is 19.0 Å². The van der Waals surface area contributed by atoms with Gasteiger partial charge in [-0.1, -0.05) is 6.92 Å². The molecule has 2 heterocycles. The normalized spacial score (nSPS) is 32.0. The van der Waals surface area contributed by atoms with Crippen molar-refractivity contribution < 1.29 is 5.11 Å². The lowest BCUT2D eigenvalue weighted by Gasteiger charge is -2.28. The van der Waals surface area contributed by atoms with E-state index < -0.39 is 0 Å². The molecule has 4 nitrogen and oxygen atoms in total. The van der Waals surface area contributed by atoms with Crippen LogP contribution in [0.15, 0.2) is 18.6 Å². The van der Waals surface area contributed by atoms with Crippen LogP contribution in [0, 0.1) is 0 Å². The molecule has 1 saturated heterocycles. The van der Waals surface area contributed by atoms with E-state index in [2.05, 4.69) is 22.2 Å². The van der Waals surface area contributed by atoms with E-state index in [1.807, 2.05) is 0 Å². The van der Waals surface area contributed by atoms with E-state index in [4.69, 9.17) is 0 Å². The van der Waals surface area contributed by atoms with Crippen LogP contribution in [-0.4, -0.2) is 34.3 Å². The molecular weight excluding hydrogens is 178 g/mol. The lowest BCUT2D eigenvalue weighted by atomic mass is 9.80. The summed E-state index contributed by atoms with van der Waals surface area (Å²) >= 11 is 0. The van der Waals surface area contributed by atoms with E-state index in [1.54, 1.807) is 18.6 Å². The molecule has 0 spiro atoms. The standard InChI is InChI=1S/C10H15N3O/c1-10(2-3-12-9(10)7-14)8-6-11-4-5-13-8/h4-6,9,12,14H,2-3,7H2,1H3. The van der Waals surface area contributed by atoms with Gasteiger partial charge in [-0.15, -0.1) is 0 Å². The summed E-state index contributed by atoms with van der Waals surface area (Å²) in [5.74, 6) is 0. The van der Waals surface area contributed by atoms with Gasteiger partial charge in [0.15, 0.2) is 0 Å². The molecule has 1 aromatic heterocycles. The molecule has 76 valence electrons. The number of aromatic nitrogens is 2. The number of aliphatic hydroxyl groups is 1. The fourth-order valence-corrected chi connectivity index (χ4v) is 2.07. The SMILES string of the molecule is CC1(c2cnccn2)CCNC1CO. The van der Waals surface area contributed by atoms with Crippen molar-refractivity contribution in [3.05, 3.63) is 24.3 Å². The average Bonchev–Trinajstić information content (AvgIpc) is 2.62. The predicted octanol–water partition coefficient (Wildman–Crippen LogP) is 0.0885. The van der Waals surface area contributed by atoms with Gasteiger partial charge in [0, 0.05) is 30.0 Å². The van der Waals surface area contributed by atoms with Crippen LogP contribution in [0.2, 0.25) is 0 Å². The smallest absolute Gasteiger partial charge is 0.0662 e. The second kappa shape index (κ2) is 3.63. The van der Waals surface area contributed by atoms with Crippen LogP contribution in [0.3, 0.4) is 0 Å². The van der Waals surface area contributed by atoms with Gasteiger partial charge in [0.2, 0.25) is 0 Å². The van der Waals surface area contributed by atoms with Crippen molar-refractivity contribution in [2.75, 3.05) is 13.2 Å². The second-order valence-corrected chi connectivity index (χ2v) is 3.95. The highest BCUT2D eigenvalue weighted by Gasteiger charge is 2.40. The van der Waals surface area contributed by atoms with Crippen LogP contribution >= 0.6 is 0 Å². The largest absolute Gasteiger partial charge is 0.395 e. The monoisotopic (exact) mass is 193 g/mol. The van der Waals surface area contributed by atoms with Crippen molar-refractivity contribution >= 4 is 0 Å². The zero-order chi connectivity index (χ0) is 10.0. The summed E-state index contributed by atoms with van der Waals surface area (Å²) < 4.78 is 0. The molecule has 14 heavy (non-hydrogen) atoms. The Bertz CT molecular complexity index is 303. The molecule has 1 fully saturated rings. The lowest BCUT2D eigenvalue weighted by molar-refractivity contribution is 0.213. The third-order valence-electron chi connectivity index (χ3n) is 3.14. The number of hydrogen-bond donors (Lipinski definition) is 2. The summed E-state index contributed by atoms with van der Waals surface area (Å²) in [4.78, 5) is 8.39. The molecule has 0 bridgehead atoms. The number of rotatable bonds is 2. The van der Waals surface area contributed by atoms with E-state index in [0.29, 0.717) is 0 Å². The van der Waals surface area contributed by atoms with Crippen LogP contribution < -0.4 is 5.32 Å². The zero-order valence-electron chi connectivity index (χ0n) is 8.27. The molecule has 0 saturated carbocycles. The average molecular weight is 193 g/mol. The number of nitrogens with zero attached hydrogens (tertiary/aromatic N) is 2. The second-order valence-electron chi connectivity index (χ2n) is 3.95. The Labute approximate surface area is 83.4 Å². The molecule has 2 N–H and O–H groups in total. The van der Waals surface area contributed by atoms with Gasteiger partial charge < -0.3 is 10.4 Å². The molecule has 2 rings (SSSR count). The van der Waals surface area contributed by atoms with Crippen molar-refractivity contribution in [3.63, 3.8) is 0 Å². The van der Waals surface area contributed by atoms with Crippen molar-refractivity contribution in [3.8, 4) is 0 Å². The van der Waals surface area contributed by atoms with Gasteiger partial charge in [-0.3, -0.25) is 9.97 Å². The molecule has 1 aliphatic heterocycles. The maximum absolute atomic E-state index is 9.25. The molecule has 1 aromatic rings. The fraction of sp³-hybridized carbons (Fsp3) is 0.600. The Morgan fingerprint density at radius 3 is 3.14 bits per heavy atom. The molecule has 2 atom stereocenters. The van der Waals surface area contributed by atoms with Crippen molar-refractivity contribution in [1.82, 2.24) is 15.3 Å². The van der Waals surface area contributed by atoms with Gasteiger partial charge in [-0.2, -0.15) is 0 Å².